The highest BCUT2D eigenvalue weighted by atomic mass is 16.5. The molecule has 0 spiro atoms. The molecule has 0 unspecified atom stereocenters. The van der Waals surface area contributed by atoms with Crippen molar-refractivity contribution in [2.24, 2.45) is 0 Å². The standard InChI is InChI=1S/C10H9NO3/c1-14-10(13)11-6-9(12)7-4-2-3-5-8(7)11/h2-6,12H,1H3. The summed E-state index contributed by atoms with van der Waals surface area (Å²) in [4.78, 5) is 11.3. The van der Waals surface area contributed by atoms with E-state index in [1.165, 1.54) is 17.9 Å². The van der Waals surface area contributed by atoms with E-state index in [9.17, 15) is 9.90 Å². The van der Waals surface area contributed by atoms with Gasteiger partial charge in [-0.2, -0.15) is 0 Å². The average Bonchev–Trinajstić information content (AvgIpc) is 2.56. The topological polar surface area (TPSA) is 51.5 Å². The molecule has 14 heavy (non-hydrogen) atoms. The zero-order chi connectivity index (χ0) is 10.1. The predicted molar refractivity (Wildman–Crippen MR) is 51.4 cm³/mol. The van der Waals surface area contributed by atoms with E-state index in [4.69, 9.17) is 0 Å². The van der Waals surface area contributed by atoms with E-state index < -0.39 is 6.09 Å². The smallest absolute Gasteiger partial charge is 0.418 e. The van der Waals surface area contributed by atoms with Crippen LogP contribution in [0.3, 0.4) is 0 Å². The van der Waals surface area contributed by atoms with Gasteiger partial charge in [0.1, 0.15) is 5.75 Å². The maximum Gasteiger partial charge on any atom is 0.418 e. The molecule has 4 heteroatoms. The molecule has 0 bridgehead atoms. The summed E-state index contributed by atoms with van der Waals surface area (Å²) in [6.07, 6.45) is 0.831. The summed E-state index contributed by atoms with van der Waals surface area (Å²) in [6.45, 7) is 0. The van der Waals surface area contributed by atoms with Gasteiger partial charge in [-0.1, -0.05) is 12.1 Å². The van der Waals surface area contributed by atoms with Crippen LogP contribution in [0.4, 0.5) is 4.79 Å². The van der Waals surface area contributed by atoms with E-state index in [2.05, 4.69) is 4.74 Å². The first kappa shape index (κ1) is 8.62. The molecule has 0 aliphatic heterocycles. The average molecular weight is 191 g/mol. The Hall–Kier alpha value is -1.97. The Balaban J connectivity index is 2.72. The van der Waals surface area contributed by atoms with Crippen LogP contribution in [0.2, 0.25) is 0 Å². The fourth-order valence-electron chi connectivity index (χ4n) is 1.41. The molecule has 0 aliphatic carbocycles. The van der Waals surface area contributed by atoms with Crippen molar-refractivity contribution in [1.82, 2.24) is 4.57 Å². The SMILES string of the molecule is COC(=O)n1cc(O)c2ccccc21. The van der Waals surface area contributed by atoms with Crippen LogP contribution < -0.4 is 0 Å². The molecule has 1 N–H and O–H groups in total. The van der Waals surface area contributed by atoms with Crippen LogP contribution in [0, 0.1) is 0 Å². The molecule has 2 rings (SSSR count). The van der Waals surface area contributed by atoms with Crippen molar-refractivity contribution in [2.75, 3.05) is 7.11 Å². The number of ether oxygens (including phenoxy) is 1. The van der Waals surface area contributed by atoms with Crippen LogP contribution in [-0.4, -0.2) is 22.9 Å². The quantitative estimate of drug-likeness (QED) is 0.692. The van der Waals surface area contributed by atoms with Crippen molar-refractivity contribution in [3.63, 3.8) is 0 Å². The highest BCUT2D eigenvalue weighted by Crippen LogP contribution is 2.26. The second kappa shape index (κ2) is 3.06. The molecule has 0 atom stereocenters. The third-order valence-corrected chi connectivity index (χ3v) is 2.06. The van der Waals surface area contributed by atoms with E-state index >= 15 is 0 Å². The van der Waals surface area contributed by atoms with Crippen molar-refractivity contribution >= 4 is 17.0 Å². The number of methoxy groups -OCH3 is 1. The minimum Gasteiger partial charge on any atom is -0.506 e. The van der Waals surface area contributed by atoms with Crippen LogP contribution >= 0.6 is 0 Å². The molecule has 72 valence electrons. The second-order valence-electron chi connectivity index (χ2n) is 2.87. The van der Waals surface area contributed by atoms with Gasteiger partial charge in [0.25, 0.3) is 0 Å². The van der Waals surface area contributed by atoms with E-state index in [0.717, 1.165) is 0 Å². The summed E-state index contributed by atoms with van der Waals surface area (Å²) in [6, 6.07) is 7.07. The molecule has 0 saturated carbocycles. The molecule has 1 aromatic heterocycles. The number of hydrogen-bond acceptors (Lipinski definition) is 3. The number of nitrogens with zero attached hydrogens (tertiary/aromatic N) is 1. The first-order valence-electron chi connectivity index (χ1n) is 4.11. The third kappa shape index (κ3) is 1.12. The van der Waals surface area contributed by atoms with Gasteiger partial charge in [0, 0.05) is 5.39 Å². The largest absolute Gasteiger partial charge is 0.506 e. The van der Waals surface area contributed by atoms with Crippen LogP contribution in [0.15, 0.2) is 30.5 Å². The van der Waals surface area contributed by atoms with Crippen LogP contribution in [0.25, 0.3) is 10.9 Å². The predicted octanol–water partition coefficient (Wildman–Crippen LogP) is 1.96. The molecule has 0 radical (unpaired) electrons. The molecular weight excluding hydrogens is 182 g/mol. The molecular formula is C10H9NO3. The Morgan fingerprint density at radius 2 is 2.14 bits per heavy atom. The lowest BCUT2D eigenvalue weighted by molar-refractivity contribution is 0.174. The number of carbonyl (C=O) groups excluding carboxylic acids is 1. The first-order chi connectivity index (χ1) is 6.74. The van der Waals surface area contributed by atoms with E-state index in [-0.39, 0.29) is 5.75 Å². The van der Waals surface area contributed by atoms with Gasteiger partial charge in [0.2, 0.25) is 0 Å². The van der Waals surface area contributed by atoms with Gasteiger partial charge in [-0.15, -0.1) is 0 Å². The van der Waals surface area contributed by atoms with Crippen molar-refractivity contribution < 1.29 is 14.6 Å². The van der Waals surface area contributed by atoms with Gasteiger partial charge in [-0.25, -0.2) is 9.36 Å². The Labute approximate surface area is 80.3 Å². The van der Waals surface area contributed by atoms with Gasteiger partial charge >= 0.3 is 6.09 Å². The molecule has 1 heterocycles. The highest BCUT2D eigenvalue weighted by Gasteiger charge is 2.11. The van der Waals surface area contributed by atoms with Gasteiger partial charge in [0.05, 0.1) is 18.8 Å². The molecule has 0 fully saturated rings. The monoisotopic (exact) mass is 191 g/mol. The van der Waals surface area contributed by atoms with Crippen molar-refractivity contribution in [3.05, 3.63) is 30.5 Å². The lowest BCUT2D eigenvalue weighted by atomic mass is 10.2. The summed E-state index contributed by atoms with van der Waals surface area (Å²) >= 11 is 0. The molecule has 0 amide bonds. The number of para-hydroxylation sites is 1. The van der Waals surface area contributed by atoms with E-state index in [0.29, 0.717) is 10.9 Å². The number of benzene rings is 1. The van der Waals surface area contributed by atoms with Gasteiger partial charge in [-0.05, 0) is 12.1 Å². The van der Waals surface area contributed by atoms with Crippen LogP contribution in [-0.2, 0) is 4.74 Å². The molecule has 1 aromatic carbocycles. The summed E-state index contributed by atoms with van der Waals surface area (Å²) in [5.41, 5.74) is 0.636. The Bertz CT molecular complexity index is 487. The maximum atomic E-state index is 11.3. The summed E-state index contributed by atoms with van der Waals surface area (Å²) in [5.74, 6) is 0.0750. The molecule has 0 aliphatic rings. The number of rotatable bonds is 0. The summed E-state index contributed by atoms with van der Waals surface area (Å²) in [7, 11) is 1.30. The van der Waals surface area contributed by atoms with Gasteiger partial charge in [-0.3, -0.25) is 0 Å². The highest BCUT2D eigenvalue weighted by molar-refractivity contribution is 5.93. The van der Waals surface area contributed by atoms with Gasteiger partial charge in [0.15, 0.2) is 0 Å². The summed E-state index contributed by atoms with van der Waals surface area (Å²) in [5, 5.41) is 10.1. The van der Waals surface area contributed by atoms with Crippen molar-refractivity contribution in [3.8, 4) is 5.75 Å². The van der Waals surface area contributed by atoms with Gasteiger partial charge < -0.3 is 9.84 Å². The zero-order valence-electron chi connectivity index (χ0n) is 7.60. The summed E-state index contributed by atoms with van der Waals surface area (Å²) < 4.78 is 5.84. The Kier molecular flexibility index (Phi) is 1.89. The van der Waals surface area contributed by atoms with Crippen molar-refractivity contribution in [1.29, 1.82) is 0 Å². The van der Waals surface area contributed by atoms with E-state index in [1.807, 2.05) is 0 Å². The molecule has 4 nitrogen and oxygen atoms in total. The number of fused-ring (bicyclic) bond motifs is 1. The first-order valence-corrected chi connectivity index (χ1v) is 4.11. The fraction of sp³-hybridized carbons (Fsp3) is 0.100. The van der Waals surface area contributed by atoms with Crippen molar-refractivity contribution in [2.45, 2.75) is 0 Å². The minimum absolute atomic E-state index is 0.0750. The fourth-order valence-corrected chi connectivity index (χ4v) is 1.41. The molecule has 2 aromatic rings. The maximum absolute atomic E-state index is 11.3. The minimum atomic E-state index is -0.512. The van der Waals surface area contributed by atoms with E-state index in [1.54, 1.807) is 24.3 Å². The normalized spacial score (nSPS) is 10.4. The third-order valence-electron chi connectivity index (χ3n) is 2.06. The Morgan fingerprint density at radius 1 is 1.43 bits per heavy atom. The number of carbonyl (C=O) groups is 1. The number of hydrogen-bond donors (Lipinski definition) is 1. The van der Waals surface area contributed by atoms with Crippen LogP contribution in [0.5, 0.6) is 5.75 Å². The lowest BCUT2D eigenvalue weighted by Crippen LogP contribution is -2.09. The zero-order valence-corrected chi connectivity index (χ0v) is 7.60. The number of aromatic nitrogens is 1. The Morgan fingerprint density at radius 3 is 2.86 bits per heavy atom. The second-order valence-corrected chi connectivity index (χ2v) is 2.87. The lowest BCUT2D eigenvalue weighted by Gasteiger charge is -1.99. The number of aromatic hydroxyl groups is 1. The van der Waals surface area contributed by atoms with Crippen LogP contribution in [0.1, 0.15) is 0 Å². The molecule has 0 saturated heterocycles.